The average molecular weight is 544 g/mol. The van der Waals surface area contributed by atoms with E-state index in [9.17, 15) is 9.59 Å². The first-order chi connectivity index (χ1) is 19.8. The maximum Gasteiger partial charge on any atom is 0.178 e. The number of ketones is 2. The number of hydrogen-bond donors (Lipinski definition) is 0. The lowest BCUT2D eigenvalue weighted by atomic mass is 9.92. The topological polar surface area (TPSA) is 99.3 Å². The molecule has 0 saturated carbocycles. The summed E-state index contributed by atoms with van der Waals surface area (Å²) in [5.74, 6) is 1.55. The second kappa shape index (κ2) is 10.5. The number of ether oxygens (including phenoxy) is 1. The number of carbonyl (C=O) groups is 2. The lowest BCUT2D eigenvalue weighted by Crippen LogP contribution is -2.13. The van der Waals surface area contributed by atoms with Gasteiger partial charge in [-0.15, -0.1) is 0 Å². The molecule has 0 bridgehead atoms. The van der Waals surface area contributed by atoms with E-state index in [1.165, 1.54) is 6.21 Å². The Morgan fingerprint density at radius 3 is 2.56 bits per heavy atom. The molecule has 6 rings (SSSR count). The Labute approximate surface area is 237 Å². The molecule has 0 radical (unpaired) electrons. The molecule has 8 nitrogen and oxygen atoms in total. The molecule has 2 aromatic carbocycles. The molecular formula is C33H29N5O3. The summed E-state index contributed by atoms with van der Waals surface area (Å²) in [6, 6.07) is 21.1. The van der Waals surface area contributed by atoms with E-state index in [4.69, 9.17) is 9.84 Å². The summed E-state index contributed by atoms with van der Waals surface area (Å²) in [6.07, 6.45) is 5.25. The Hall–Kier alpha value is -4.98. The van der Waals surface area contributed by atoms with E-state index in [1.807, 2.05) is 65.3 Å². The molecule has 3 aromatic heterocycles. The van der Waals surface area contributed by atoms with Crippen molar-refractivity contribution >= 4 is 34.5 Å². The van der Waals surface area contributed by atoms with Gasteiger partial charge >= 0.3 is 0 Å². The fourth-order valence-corrected chi connectivity index (χ4v) is 4.93. The molecule has 0 fully saturated rings. The van der Waals surface area contributed by atoms with Gasteiger partial charge in [0.05, 0.1) is 28.8 Å². The van der Waals surface area contributed by atoms with Crippen molar-refractivity contribution in [3.8, 4) is 17.2 Å². The molecule has 0 aliphatic carbocycles. The number of hydrogen-bond acceptors (Lipinski definition) is 7. The number of para-hydroxylation sites is 1. The third-order valence-electron chi connectivity index (χ3n) is 7.02. The smallest absolute Gasteiger partial charge is 0.178 e. The normalized spacial score (nSPS) is 12.9. The van der Waals surface area contributed by atoms with Crippen molar-refractivity contribution in [3.05, 3.63) is 102 Å². The molecule has 1 aliphatic rings. The van der Waals surface area contributed by atoms with Gasteiger partial charge in [-0.1, -0.05) is 45.0 Å². The van der Waals surface area contributed by atoms with Crippen LogP contribution in [-0.4, -0.2) is 37.5 Å². The van der Waals surface area contributed by atoms with E-state index < -0.39 is 0 Å². The lowest BCUT2D eigenvalue weighted by Gasteiger charge is -2.16. The first kappa shape index (κ1) is 26.3. The lowest BCUT2D eigenvalue weighted by molar-refractivity contribution is -0.118. The van der Waals surface area contributed by atoms with Gasteiger partial charge in [0.2, 0.25) is 0 Å². The van der Waals surface area contributed by atoms with Crippen molar-refractivity contribution in [1.82, 2.24) is 19.7 Å². The Morgan fingerprint density at radius 2 is 1.76 bits per heavy atom. The van der Waals surface area contributed by atoms with Crippen LogP contribution >= 0.6 is 0 Å². The van der Waals surface area contributed by atoms with Crippen LogP contribution in [0.3, 0.4) is 0 Å². The summed E-state index contributed by atoms with van der Waals surface area (Å²) in [4.78, 5) is 38.5. The van der Waals surface area contributed by atoms with Crippen LogP contribution in [-0.2, 0) is 34.3 Å². The van der Waals surface area contributed by atoms with Gasteiger partial charge in [0.25, 0.3) is 0 Å². The largest absolute Gasteiger partial charge is 0.456 e. The van der Waals surface area contributed by atoms with Gasteiger partial charge in [0.1, 0.15) is 17.3 Å². The van der Waals surface area contributed by atoms with Crippen LogP contribution in [0.4, 0.5) is 5.82 Å². The molecule has 0 unspecified atom stereocenters. The summed E-state index contributed by atoms with van der Waals surface area (Å²) < 4.78 is 8.16. The van der Waals surface area contributed by atoms with E-state index in [2.05, 4.69) is 35.7 Å². The second-order valence-corrected chi connectivity index (χ2v) is 11.1. The number of fused-ring (bicyclic) bond motifs is 2. The molecule has 41 heavy (non-hydrogen) atoms. The van der Waals surface area contributed by atoms with Crippen LogP contribution in [0.15, 0.2) is 84.1 Å². The monoisotopic (exact) mass is 543 g/mol. The predicted molar refractivity (Wildman–Crippen MR) is 158 cm³/mol. The highest BCUT2D eigenvalue weighted by Crippen LogP contribution is 2.36. The molecule has 0 spiro atoms. The first-order valence-electron chi connectivity index (χ1n) is 13.5. The molecule has 4 heterocycles. The summed E-state index contributed by atoms with van der Waals surface area (Å²) in [5.41, 5.74) is 4.72. The minimum absolute atomic E-state index is 0.0581. The Kier molecular flexibility index (Phi) is 6.75. The van der Waals surface area contributed by atoms with Gasteiger partial charge in [-0.05, 0) is 48.0 Å². The van der Waals surface area contributed by atoms with Gasteiger partial charge in [0.15, 0.2) is 11.6 Å². The molecule has 0 atom stereocenters. The van der Waals surface area contributed by atoms with E-state index in [0.29, 0.717) is 28.4 Å². The van der Waals surface area contributed by atoms with E-state index in [1.54, 1.807) is 18.5 Å². The minimum Gasteiger partial charge on any atom is -0.456 e. The third kappa shape index (κ3) is 5.41. The van der Waals surface area contributed by atoms with Crippen molar-refractivity contribution < 1.29 is 14.3 Å². The van der Waals surface area contributed by atoms with Crippen LogP contribution in [0.2, 0.25) is 0 Å². The zero-order chi connectivity index (χ0) is 28.6. The average Bonchev–Trinajstić information content (AvgIpc) is 3.39. The molecule has 204 valence electrons. The number of aromatic nitrogens is 4. The number of benzene rings is 2. The van der Waals surface area contributed by atoms with Gasteiger partial charge in [-0.25, -0.2) is 14.7 Å². The minimum atomic E-state index is -0.151. The fraction of sp³-hybridized carbons (Fsp3) is 0.212. The number of Topliss-reactive ketones (excluding diaryl/α,β-unsaturated/α-hetero) is 2. The van der Waals surface area contributed by atoms with E-state index >= 15 is 0 Å². The zero-order valence-electron chi connectivity index (χ0n) is 23.2. The highest BCUT2D eigenvalue weighted by atomic mass is 16.5. The van der Waals surface area contributed by atoms with Crippen LogP contribution in [0.25, 0.3) is 16.6 Å². The standard InChI is InChI=1S/C33H29N5O3/c1-33(2,3)30-18-23(38(37-30)22-8-5-4-6-9-22)17-24(39)16-21-11-12-28(26-10-7-14-34-31(21)26)41-29-13-15-35-32-27(29)19-25(40)20-36-32/h4-15,18,20H,16-17,19H2,1-3H3. The van der Waals surface area contributed by atoms with E-state index in [-0.39, 0.29) is 36.2 Å². The molecular weight excluding hydrogens is 514 g/mol. The maximum atomic E-state index is 13.5. The third-order valence-corrected chi connectivity index (χ3v) is 7.02. The van der Waals surface area contributed by atoms with Crippen molar-refractivity contribution in [1.29, 1.82) is 0 Å². The molecule has 0 saturated heterocycles. The molecule has 0 amide bonds. The quantitative estimate of drug-likeness (QED) is 0.246. The molecule has 0 N–H and O–H groups in total. The second-order valence-electron chi connectivity index (χ2n) is 11.1. The van der Waals surface area contributed by atoms with Crippen molar-refractivity contribution in [2.45, 2.75) is 45.4 Å². The first-order valence-corrected chi connectivity index (χ1v) is 13.5. The number of pyridine rings is 2. The number of aliphatic imine (C=N–C) groups is 1. The van der Waals surface area contributed by atoms with Crippen LogP contribution in [0.5, 0.6) is 11.5 Å². The summed E-state index contributed by atoms with van der Waals surface area (Å²) >= 11 is 0. The molecule has 1 aliphatic heterocycles. The SMILES string of the molecule is CC(C)(C)c1cc(CC(=O)Cc2ccc(Oc3ccnc4c3CC(=O)C=N4)c3cccnc23)n(-c2ccccc2)n1. The maximum absolute atomic E-state index is 13.5. The van der Waals surface area contributed by atoms with Gasteiger partial charge in [0, 0.05) is 48.0 Å². The van der Waals surface area contributed by atoms with Crippen molar-refractivity contribution in [2.24, 2.45) is 4.99 Å². The Bertz CT molecular complexity index is 1820. The number of carbonyl (C=O) groups excluding carboxylic acids is 2. The van der Waals surface area contributed by atoms with Gasteiger partial charge < -0.3 is 4.74 Å². The Morgan fingerprint density at radius 1 is 0.927 bits per heavy atom. The zero-order valence-corrected chi connectivity index (χ0v) is 23.2. The van der Waals surface area contributed by atoms with Gasteiger partial charge in [-0.2, -0.15) is 5.10 Å². The van der Waals surface area contributed by atoms with Crippen LogP contribution < -0.4 is 4.74 Å². The van der Waals surface area contributed by atoms with Crippen LogP contribution in [0.1, 0.15) is 43.3 Å². The number of nitrogens with zero attached hydrogens (tertiary/aromatic N) is 5. The summed E-state index contributed by atoms with van der Waals surface area (Å²) in [7, 11) is 0. The van der Waals surface area contributed by atoms with Crippen molar-refractivity contribution in [2.75, 3.05) is 0 Å². The van der Waals surface area contributed by atoms with E-state index in [0.717, 1.165) is 28.0 Å². The van der Waals surface area contributed by atoms with Crippen LogP contribution in [0, 0.1) is 0 Å². The number of rotatable bonds is 7. The summed E-state index contributed by atoms with van der Waals surface area (Å²) in [6.45, 7) is 6.35. The van der Waals surface area contributed by atoms with Crippen molar-refractivity contribution in [3.63, 3.8) is 0 Å². The molecule has 5 aromatic rings. The predicted octanol–water partition coefficient (Wildman–Crippen LogP) is 6.09. The summed E-state index contributed by atoms with van der Waals surface area (Å²) in [5, 5.41) is 5.63. The fourth-order valence-electron chi connectivity index (χ4n) is 4.93. The highest BCUT2D eigenvalue weighted by Gasteiger charge is 2.23. The van der Waals surface area contributed by atoms with Gasteiger partial charge in [-0.3, -0.25) is 14.6 Å². The highest BCUT2D eigenvalue weighted by molar-refractivity contribution is 6.29. The molecule has 8 heteroatoms. The Balaban J connectivity index is 1.29.